The van der Waals surface area contributed by atoms with Crippen molar-refractivity contribution in [2.45, 2.75) is 19.4 Å². The highest BCUT2D eigenvalue weighted by atomic mass is 15.6. The van der Waals surface area contributed by atoms with Crippen LogP contribution in [0.3, 0.4) is 0 Å². The predicted octanol–water partition coefficient (Wildman–Crippen LogP) is 4.96. The Morgan fingerprint density at radius 3 is 2.24 bits per heavy atom. The van der Waals surface area contributed by atoms with Crippen LogP contribution < -0.4 is 5.32 Å². The van der Waals surface area contributed by atoms with Crippen LogP contribution in [0.25, 0.3) is 16.8 Å². The van der Waals surface area contributed by atoms with Gasteiger partial charge in [0.05, 0.1) is 0 Å². The lowest BCUT2D eigenvalue weighted by molar-refractivity contribution is 0.585. The number of aromatic nitrogens is 4. The molecular formula is C24H21N5. The fraction of sp³-hybridized carbons (Fsp3) is 0.125. The molecule has 1 aromatic heterocycles. The number of allylic oxidation sites excluding steroid dienone is 1. The summed E-state index contributed by atoms with van der Waals surface area (Å²) in [7, 11) is 0. The quantitative estimate of drug-likeness (QED) is 0.545. The first-order valence-electron chi connectivity index (χ1n) is 9.83. The number of aryl methyl sites for hydroxylation is 1. The van der Waals surface area contributed by atoms with Crippen molar-refractivity contribution in [1.29, 1.82) is 0 Å². The molecule has 1 N–H and O–H groups in total. The van der Waals surface area contributed by atoms with Crippen molar-refractivity contribution in [3.63, 3.8) is 0 Å². The molecule has 1 atom stereocenters. The Morgan fingerprint density at radius 1 is 0.828 bits per heavy atom. The number of rotatable bonds is 4. The topological polar surface area (TPSA) is 55.6 Å². The van der Waals surface area contributed by atoms with Gasteiger partial charge in [-0.1, -0.05) is 90.9 Å². The molecule has 142 valence electrons. The van der Waals surface area contributed by atoms with Gasteiger partial charge in [-0.3, -0.25) is 0 Å². The highest BCUT2D eigenvalue weighted by Crippen LogP contribution is 2.32. The second-order valence-corrected chi connectivity index (χ2v) is 7.14. The highest BCUT2D eigenvalue weighted by molar-refractivity contribution is 5.78. The zero-order valence-corrected chi connectivity index (χ0v) is 16.2. The number of fused-ring (bicyclic) bond motifs is 1. The molecule has 2 heterocycles. The normalized spacial score (nSPS) is 15.3. The summed E-state index contributed by atoms with van der Waals surface area (Å²) in [5.41, 5.74) is 7.01. The van der Waals surface area contributed by atoms with Gasteiger partial charge in [-0.2, -0.15) is 4.68 Å². The van der Waals surface area contributed by atoms with Crippen molar-refractivity contribution in [3.05, 3.63) is 102 Å². The number of nitrogens with zero attached hydrogens (tertiary/aromatic N) is 4. The molecular weight excluding hydrogens is 358 g/mol. The van der Waals surface area contributed by atoms with Gasteiger partial charge in [-0.25, -0.2) is 0 Å². The van der Waals surface area contributed by atoms with E-state index in [1.54, 1.807) is 0 Å². The van der Waals surface area contributed by atoms with Crippen molar-refractivity contribution >= 4 is 11.6 Å². The molecule has 1 aliphatic heterocycles. The average molecular weight is 379 g/mol. The van der Waals surface area contributed by atoms with Crippen LogP contribution in [-0.4, -0.2) is 20.2 Å². The third kappa shape index (κ3) is 3.31. The van der Waals surface area contributed by atoms with Crippen molar-refractivity contribution in [1.82, 2.24) is 20.2 Å². The molecule has 0 spiro atoms. The molecule has 0 aliphatic carbocycles. The molecule has 0 saturated carbocycles. The molecule has 5 rings (SSSR count). The third-order valence-corrected chi connectivity index (χ3v) is 5.36. The minimum absolute atomic E-state index is 0.0454. The highest BCUT2D eigenvalue weighted by Gasteiger charge is 2.24. The number of nitrogens with one attached hydrogen (secondary N) is 1. The van der Waals surface area contributed by atoms with Crippen LogP contribution in [0, 0.1) is 0 Å². The summed E-state index contributed by atoms with van der Waals surface area (Å²) in [4.78, 5) is 0. The van der Waals surface area contributed by atoms with E-state index in [0.29, 0.717) is 5.95 Å². The number of tetrazole rings is 1. The molecule has 3 aromatic carbocycles. The van der Waals surface area contributed by atoms with Crippen molar-refractivity contribution in [2.24, 2.45) is 0 Å². The lowest BCUT2D eigenvalue weighted by Crippen LogP contribution is -2.20. The van der Waals surface area contributed by atoms with E-state index >= 15 is 0 Å². The van der Waals surface area contributed by atoms with Gasteiger partial charge in [0.25, 0.3) is 0 Å². The molecule has 0 unspecified atom stereocenters. The average Bonchev–Trinajstić information content (AvgIpc) is 3.28. The summed E-state index contributed by atoms with van der Waals surface area (Å²) in [5.74, 6) is 0.652. The molecule has 29 heavy (non-hydrogen) atoms. The maximum atomic E-state index is 4.19. The van der Waals surface area contributed by atoms with Crippen LogP contribution in [0.4, 0.5) is 5.95 Å². The third-order valence-electron chi connectivity index (χ3n) is 5.36. The van der Waals surface area contributed by atoms with Crippen molar-refractivity contribution < 1.29 is 0 Å². The van der Waals surface area contributed by atoms with Crippen LogP contribution in [0.5, 0.6) is 0 Å². The lowest BCUT2D eigenvalue weighted by atomic mass is 9.98. The summed E-state index contributed by atoms with van der Waals surface area (Å²) in [5, 5.41) is 15.6. The molecule has 0 bridgehead atoms. The van der Waals surface area contributed by atoms with Gasteiger partial charge >= 0.3 is 0 Å². The van der Waals surface area contributed by atoms with Gasteiger partial charge in [0, 0.05) is 5.70 Å². The van der Waals surface area contributed by atoms with Crippen LogP contribution >= 0.6 is 0 Å². The largest absolute Gasteiger partial charge is 0.323 e. The standard InChI is InChI=1S/C24H21N5/c1-2-17-8-10-21(11-9-17)23-16-22(25-24-26-27-28-29(23)24)20-14-12-19(13-15-20)18-6-4-3-5-7-18/h3-16,23H,2H2,1H3,(H,25,26,28)/t23-/m0/s1. The van der Waals surface area contributed by atoms with E-state index in [1.165, 1.54) is 16.7 Å². The molecule has 0 fully saturated rings. The molecule has 5 heteroatoms. The maximum Gasteiger partial charge on any atom is 0.248 e. The first kappa shape index (κ1) is 17.4. The predicted molar refractivity (Wildman–Crippen MR) is 115 cm³/mol. The maximum absolute atomic E-state index is 4.19. The van der Waals surface area contributed by atoms with Crippen LogP contribution in [-0.2, 0) is 6.42 Å². The monoisotopic (exact) mass is 379 g/mol. The molecule has 4 aromatic rings. The summed E-state index contributed by atoms with van der Waals surface area (Å²) in [6.45, 7) is 2.16. The summed E-state index contributed by atoms with van der Waals surface area (Å²) >= 11 is 0. The van der Waals surface area contributed by atoms with E-state index in [0.717, 1.165) is 23.2 Å². The van der Waals surface area contributed by atoms with E-state index < -0.39 is 0 Å². The van der Waals surface area contributed by atoms with Gasteiger partial charge in [-0.15, -0.1) is 0 Å². The Bertz CT molecular complexity index is 1140. The van der Waals surface area contributed by atoms with Gasteiger partial charge in [-0.05, 0) is 50.7 Å². The van der Waals surface area contributed by atoms with Crippen LogP contribution in [0.2, 0.25) is 0 Å². The summed E-state index contributed by atoms with van der Waals surface area (Å²) in [6.07, 6.45) is 3.21. The Hall–Kier alpha value is -3.73. The van der Waals surface area contributed by atoms with Crippen molar-refractivity contribution in [2.75, 3.05) is 5.32 Å². The number of anilines is 1. The zero-order chi connectivity index (χ0) is 19.6. The van der Waals surface area contributed by atoms with Gasteiger partial charge in [0.2, 0.25) is 5.95 Å². The Labute approximate surface area is 169 Å². The van der Waals surface area contributed by atoms with Gasteiger partial charge in [0.1, 0.15) is 6.04 Å². The molecule has 1 aliphatic rings. The molecule has 0 saturated heterocycles. The van der Waals surface area contributed by atoms with E-state index in [-0.39, 0.29) is 6.04 Å². The molecule has 5 nitrogen and oxygen atoms in total. The summed E-state index contributed by atoms with van der Waals surface area (Å²) in [6, 6.07) is 27.6. The van der Waals surface area contributed by atoms with Crippen LogP contribution in [0.1, 0.15) is 29.7 Å². The van der Waals surface area contributed by atoms with Gasteiger partial charge < -0.3 is 5.32 Å². The van der Waals surface area contributed by atoms with E-state index in [1.807, 2.05) is 10.7 Å². The fourth-order valence-electron chi connectivity index (χ4n) is 3.68. The van der Waals surface area contributed by atoms with Crippen LogP contribution in [0.15, 0.2) is 84.9 Å². The first-order valence-corrected chi connectivity index (χ1v) is 9.83. The number of hydrogen-bond donors (Lipinski definition) is 1. The minimum Gasteiger partial charge on any atom is -0.323 e. The lowest BCUT2D eigenvalue weighted by Gasteiger charge is -2.23. The molecule has 0 radical (unpaired) electrons. The smallest absolute Gasteiger partial charge is 0.248 e. The number of hydrogen-bond acceptors (Lipinski definition) is 4. The Morgan fingerprint density at radius 2 is 1.52 bits per heavy atom. The number of benzene rings is 3. The Balaban J connectivity index is 1.50. The van der Waals surface area contributed by atoms with E-state index in [2.05, 4.69) is 107 Å². The SMILES string of the molecule is CCc1ccc([C@@H]2C=C(c3ccc(-c4ccccc4)cc3)Nc3nnnn32)cc1. The summed E-state index contributed by atoms with van der Waals surface area (Å²) < 4.78 is 1.82. The Kier molecular flexibility index (Phi) is 4.41. The fourth-order valence-corrected chi connectivity index (χ4v) is 3.68. The zero-order valence-electron chi connectivity index (χ0n) is 16.2. The first-order chi connectivity index (χ1) is 14.3. The van der Waals surface area contributed by atoms with E-state index in [9.17, 15) is 0 Å². The molecule has 0 amide bonds. The van der Waals surface area contributed by atoms with E-state index in [4.69, 9.17) is 0 Å². The second kappa shape index (κ2) is 7.36. The van der Waals surface area contributed by atoms with Crippen molar-refractivity contribution in [3.8, 4) is 11.1 Å². The van der Waals surface area contributed by atoms with Gasteiger partial charge in [0.15, 0.2) is 0 Å². The second-order valence-electron chi connectivity index (χ2n) is 7.14. The minimum atomic E-state index is -0.0454.